The Morgan fingerprint density at radius 3 is 2.83 bits per heavy atom. The molecule has 1 aromatic rings. The molecule has 18 heavy (non-hydrogen) atoms. The van der Waals surface area contributed by atoms with Crippen LogP contribution in [0.2, 0.25) is 0 Å². The van der Waals surface area contributed by atoms with Crippen LogP contribution in [0, 0.1) is 10.1 Å². The van der Waals surface area contributed by atoms with Crippen molar-refractivity contribution in [1.29, 1.82) is 0 Å². The molecule has 0 unspecified atom stereocenters. The SMILES string of the molecule is CC(C)OCCN(C)c1nc(N)ncc1[N+](=O)[O-]. The van der Waals surface area contributed by atoms with Gasteiger partial charge in [-0.15, -0.1) is 0 Å². The number of hydrogen-bond donors (Lipinski definition) is 1. The number of rotatable bonds is 6. The highest BCUT2D eigenvalue weighted by atomic mass is 16.6. The summed E-state index contributed by atoms with van der Waals surface area (Å²) in [4.78, 5) is 19.4. The molecule has 8 heteroatoms. The molecule has 0 amide bonds. The quantitative estimate of drug-likeness (QED) is 0.592. The van der Waals surface area contributed by atoms with Gasteiger partial charge in [-0.3, -0.25) is 10.1 Å². The Morgan fingerprint density at radius 2 is 2.28 bits per heavy atom. The van der Waals surface area contributed by atoms with Crippen molar-refractivity contribution in [3.8, 4) is 0 Å². The van der Waals surface area contributed by atoms with Gasteiger partial charge in [0.15, 0.2) is 0 Å². The maximum Gasteiger partial charge on any atom is 0.329 e. The number of anilines is 2. The molecule has 100 valence electrons. The van der Waals surface area contributed by atoms with Crippen LogP contribution in [-0.2, 0) is 4.74 Å². The van der Waals surface area contributed by atoms with E-state index < -0.39 is 4.92 Å². The third kappa shape index (κ3) is 3.81. The van der Waals surface area contributed by atoms with Crippen molar-refractivity contribution in [3.05, 3.63) is 16.3 Å². The van der Waals surface area contributed by atoms with Gasteiger partial charge in [0.25, 0.3) is 0 Å². The van der Waals surface area contributed by atoms with Crippen LogP contribution in [0.15, 0.2) is 6.20 Å². The van der Waals surface area contributed by atoms with Gasteiger partial charge in [-0.05, 0) is 13.8 Å². The van der Waals surface area contributed by atoms with Crippen molar-refractivity contribution in [1.82, 2.24) is 9.97 Å². The molecule has 1 rings (SSSR count). The van der Waals surface area contributed by atoms with Gasteiger partial charge in [0.05, 0.1) is 17.6 Å². The van der Waals surface area contributed by atoms with Crippen LogP contribution in [0.1, 0.15) is 13.8 Å². The van der Waals surface area contributed by atoms with Gasteiger partial charge in [-0.2, -0.15) is 4.98 Å². The lowest BCUT2D eigenvalue weighted by molar-refractivity contribution is -0.384. The third-order valence-corrected chi connectivity index (χ3v) is 2.20. The molecule has 0 aliphatic carbocycles. The molecule has 0 saturated heterocycles. The maximum absolute atomic E-state index is 10.8. The number of nitro groups is 1. The van der Waals surface area contributed by atoms with Crippen LogP contribution in [-0.4, -0.2) is 41.2 Å². The molecule has 0 atom stereocenters. The van der Waals surface area contributed by atoms with Gasteiger partial charge in [-0.1, -0.05) is 0 Å². The van der Waals surface area contributed by atoms with E-state index in [9.17, 15) is 10.1 Å². The first-order chi connectivity index (χ1) is 8.41. The molecule has 8 nitrogen and oxygen atoms in total. The molecule has 0 spiro atoms. The van der Waals surface area contributed by atoms with Crippen molar-refractivity contribution in [3.63, 3.8) is 0 Å². The number of ether oxygens (including phenoxy) is 1. The first-order valence-electron chi connectivity index (χ1n) is 5.51. The molecular weight excluding hydrogens is 238 g/mol. The smallest absolute Gasteiger partial charge is 0.329 e. The fraction of sp³-hybridized carbons (Fsp3) is 0.600. The molecule has 1 aromatic heterocycles. The number of aromatic nitrogens is 2. The lowest BCUT2D eigenvalue weighted by Crippen LogP contribution is -2.26. The number of nitrogens with zero attached hydrogens (tertiary/aromatic N) is 4. The van der Waals surface area contributed by atoms with Crippen LogP contribution in [0.4, 0.5) is 17.5 Å². The summed E-state index contributed by atoms with van der Waals surface area (Å²) in [7, 11) is 1.69. The van der Waals surface area contributed by atoms with Crippen molar-refractivity contribution >= 4 is 17.5 Å². The molecule has 2 N–H and O–H groups in total. The first-order valence-corrected chi connectivity index (χ1v) is 5.51. The van der Waals surface area contributed by atoms with Crippen LogP contribution in [0.3, 0.4) is 0 Å². The molecule has 0 saturated carbocycles. The topological polar surface area (TPSA) is 107 Å². The highest BCUT2D eigenvalue weighted by molar-refractivity contribution is 5.57. The zero-order chi connectivity index (χ0) is 13.7. The fourth-order valence-electron chi connectivity index (χ4n) is 1.32. The Balaban J connectivity index is 2.80. The monoisotopic (exact) mass is 255 g/mol. The summed E-state index contributed by atoms with van der Waals surface area (Å²) in [5.41, 5.74) is 5.27. The van der Waals surface area contributed by atoms with E-state index in [0.717, 1.165) is 6.20 Å². The summed E-state index contributed by atoms with van der Waals surface area (Å²) >= 11 is 0. The van der Waals surface area contributed by atoms with E-state index in [1.165, 1.54) is 0 Å². The zero-order valence-corrected chi connectivity index (χ0v) is 10.7. The van der Waals surface area contributed by atoms with Crippen molar-refractivity contribution < 1.29 is 9.66 Å². The Bertz CT molecular complexity index is 424. The Labute approximate surface area is 105 Å². The predicted octanol–water partition coefficient (Wildman–Crippen LogP) is 0.828. The lowest BCUT2D eigenvalue weighted by Gasteiger charge is -2.18. The zero-order valence-electron chi connectivity index (χ0n) is 10.7. The number of nitrogen functional groups attached to an aromatic ring is 1. The van der Waals surface area contributed by atoms with E-state index in [4.69, 9.17) is 10.5 Å². The molecule has 0 bridgehead atoms. The second kappa shape index (κ2) is 6.10. The van der Waals surface area contributed by atoms with Crippen LogP contribution < -0.4 is 10.6 Å². The third-order valence-electron chi connectivity index (χ3n) is 2.20. The minimum Gasteiger partial charge on any atom is -0.377 e. The minimum atomic E-state index is -0.533. The normalized spacial score (nSPS) is 10.7. The minimum absolute atomic E-state index is 0.00669. The molecule has 0 radical (unpaired) electrons. The van der Waals surface area contributed by atoms with Gasteiger partial charge in [0.2, 0.25) is 11.8 Å². The summed E-state index contributed by atoms with van der Waals surface area (Å²) in [6, 6.07) is 0. The summed E-state index contributed by atoms with van der Waals surface area (Å²) < 4.78 is 5.38. The second-order valence-corrected chi connectivity index (χ2v) is 4.04. The van der Waals surface area contributed by atoms with Crippen molar-refractivity contribution in [2.24, 2.45) is 0 Å². The largest absolute Gasteiger partial charge is 0.377 e. The van der Waals surface area contributed by atoms with E-state index >= 15 is 0 Å². The molecular formula is C10H17N5O3. The van der Waals surface area contributed by atoms with Gasteiger partial charge >= 0.3 is 5.69 Å². The molecule has 0 aliphatic heterocycles. The average Bonchev–Trinajstić information content (AvgIpc) is 2.27. The second-order valence-electron chi connectivity index (χ2n) is 4.04. The van der Waals surface area contributed by atoms with Gasteiger partial charge < -0.3 is 15.4 Å². The summed E-state index contributed by atoms with van der Waals surface area (Å²) in [5.74, 6) is 0.201. The van der Waals surface area contributed by atoms with Gasteiger partial charge in [0.1, 0.15) is 6.20 Å². The average molecular weight is 255 g/mol. The molecule has 0 aliphatic rings. The molecule has 1 heterocycles. The van der Waals surface area contributed by atoms with Crippen molar-refractivity contribution in [2.45, 2.75) is 20.0 Å². The number of nitrogens with two attached hydrogens (primary N) is 1. The Hall–Kier alpha value is -1.96. The Kier molecular flexibility index (Phi) is 4.78. The molecule has 0 fully saturated rings. The van der Waals surface area contributed by atoms with E-state index in [2.05, 4.69) is 9.97 Å². The van der Waals surface area contributed by atoms with E-state index in [1.807, 2.05) is 13.8 Å². The van der Waals surface area contributed by atoms with Crippen LogP contribution >= 0.6 is 0 Å². The molecule has 0 aromatic carbocycles. The summed E-state index contributed by atoms with van der Waals surface area (Å²) in [6.07, 6.45) is 1.22. The standard InChI is InChI=1S/C10H17N5O3/c1-7(2)18-5-4-14(3)9-8(15(16)17)6-12-10(11)13-9/h6-7H,4-5H2,1-3H3,(H2,11,12,13). The lowest BCUT2D eigenvalue weighted by atomic mass is 10.4. The Morgan fingerprint density at radius 1 is 1.61 bits per heavy atom. The summed E-state index contributed by atoms with van der Waals surface area (Å²) in [5, 5.41) is 10.8. The van der Waals surface area contributed by atoms with E-state index in [0.29, 0.717) is 13.2 Å². The van der Waals surface area contributed by atoms with Crippen LogP contribution in [0.25, 0.3) is 0 Å². The van der Waals surface area contributed by atoms with Crippen LogP contribution in [0.5, 0.6) is 0 Å². The highest BCUT2D eigenvalue weighted by Gasteiger charge is 2.20. The van der Waals surface area contributed by atoms with E-state index in [1.54, 1.807) is 11.9 Å². The van der Waals surface area contributed by atoms with E-state index in [-0.39, 0.29) is 23.6 Å². The number of likely N-dealkylation sites (N-methyl/N-ethyl adjacent to an activating group) is 1. The van der Waals surface area contributed by atoms with Gasteiger partial charge in [0, 0.05) is 13.6 Å². The first kappa shape index (κ1) is 14.1. The maximum atomic E-state index is 10.8. The van der Waals surface area contributed by atoms with Crippen molar-refractivity contribution in [2.75, 3.05) is 30.8 Å². The predicted molar refractivity (Wildman–Crippen MR) is 67.5 cm³/mol. The number of hydrogen-bond acceptors (Lipinski definition) is 7. The highest BCUT2D eigenvalue weighted by Crippen LogP contribution is 2.24. The summed E-state index contributed by atoms with van der Waals surface area (Å²) in [6.45, 7) is 4.78. The van der Waals surface area contributed by atoms with Gasteiger partial charge in [-0.25, -0.2) is 4.98 Å². The fourth-order valence-corrected chi connectivity index (χ4v) is 1.32.